The summed E-state index contributed by atoms with van der Waals surface area (Å²) in [4.78, 5) is 26.8. The van der Waals surface area contributed by atoms with Crippen molar-refractivity contribution >= 4 is 46.8 Å². The Bertz CT molecular complexity index is 862. The van der Waals surface area contributed by atoms with Gasteiger partial charge in [0.05, 0.1) is 5.75 Å². The van der Waals surface area contributed by atoms with Crippen LogP contribution in [0, 0.1) is 5.82 Å². The first-order valence-electron chi connectivity index (χ1n) is 9.66. The quantitative estimate of drug-likeness (QED) is 0.511. The summed E-state index contributed by atoms with van der Waals surface area (Å²) in [6.07, 6.45) is 0.786. The molecule has 1 unspecified atom stereocenters. The van der Waals surface area contributed by atoms with Crippen LogP contribution in [0.2, 0.25) is 10.0 Å². The minimum absolute atomic E-state index is 0.0135. The van der Waals surface area contributed by atoms with Crippen molar-refractivity contribution in [3.8, 4) is 0 Å². The van der Waals surface area contributed by atoms with Crippen molar-refractivity contribution in [2.45, 2.75) is 38.6 Å². The lowest BCUT2D eigenvalue weighted by Gasteiger charge is -2.29. The SMILES string of the molecule is CCCNC(=O)C(C)N(Cc1ccccc1F)C(=O)CSCc1c(Cl)cccc1Cl. The summed E-state index contributed by atoms with van der Waals surface area (Å²) < 4.78 is 14.2. The summed E-state index contributed by atoms with van der Waals surface area (Å²) in [6, 6.07) is 10.8. The summed E-state index contributed by atoms with van der Waals surface area (Å²) in [7, 11) is 0. The lowest BCUT2D eigenvalue weighted by molar-refractivity contribution is -0.138. The minimum Gasteiger partial charge on any atom is -0.354 e. The van der Waals surface area contributed by atoms with Crippen LogP contribution in [0.5, 0.6) is 0 Å². The number of carbonyl (C=O) groups excluding carboxylic acids is 2. The maximum atomic E-state index is 14.2. The van der Waals surface area contributed by atoms with Gasteiger partial charge in [-0.2, -0.15) is 0 Å². The van der Waals surface area contributed by atoms with E-state index in [1.807, 2.05) is 6.92 Å². The van der Waals surface area contributed by atoms with Crippen molar-refractivity contribution in [3.63, 3.8) is 0 Å². The van der Waals surface area contributed by atoms with Crippen molar-refractivity contribution in [1.29, 1.82) is 0 Å². The smallest absolute Gasteiger partial charge is 0.242 e. The summed E-state index contributed by atoms with van der Waals surface area (Å²) in [5.41, 5.74) is 1.12. The molecule has 8 heteroatoms. The summed E-state index contributed by atoms with van der Waals surface area (Å²) in [5, 5.41) is 3.88. The molecule has 0 bridgehead atoms. The van der Waals surface area contributed by atoms with Gasteiger partial charge in [0, 0.05) is 34.5 Å². The maximum Gasteiger partial charge on any atom is 0.242 e. The molecule has 162 valence electrons. The number of benzene rings is 2. The average Bonchev–Trinajstić information content (AvgIpc) is 2.72. The maximum absolute atomic E-state index is 14.2. The third-order valence-electron chi connectivity index (χ3n) is 4.55. The van der Waals surface area contributed by atoms with E-state index in [2.05, 4.69) is 5.32 Å². The first kappa shape index (κ1) is 24.5. The highest BCUT2D eigenvalue weighted by Crippen LogP contribution is 2.28. The number of rotatable bonds is 10. The van der Waals surface area contributed by atoms with Crippen LogP contribution in [0.4, 0.5) is 4.39 Å². The van der Waals surface area contributed by atoms with Gasteiger partial charge in [-0.05, 0) is 37.1 Å². The molecular weight excluding hydrogens is 446 g/mol. The van der Waals surface area contributed by atoms with E-state index >= 15 is 0 Å². The zero-order chi connectivity index (χ0) is 22.1. The molecule has 2 amide bonds. The number of amides is 2. The monoisotopic (exact) mass is 470 g/mol. The Morgan fingerprint density at radius 2 is 1.80 bits per heavy atom. The van der Waals surface area contributed by atoms with Crippen LogP contribution in [0.3, 0.4) is 0 Å². The standard InChI is InChI=1S/C22H25Cl2FN2O2S/c1-3-11-26-22(29)15(2)27(12-16-7-4-5-10-20(16)25)21(28)14-30-13-17-18(23)8-6-9-19(17)24/h4-10,15H,3,11-14H2,1-2H3,(H,26,29). The minimum atomic E-state index is -0.729. The molecule has 0 heterocycles. The van der Waals surface area contributed by atoms with E-state index in [0.29, 0.717) is 27.9 Å². The van der Waals surface area contributed by atoms with Crippen LogP contribution in [-0.2, 0) is 21.9 Å². The van der Waals surface area contributed by atoms with Crippen molar-refractivity contribution in [2.24, 2.45) is 0 Å². The van der Waals surface area contributed by atoms with Gasteiger partial charge in [-0.3, -0.25) is 9.59 Å². The van der Waals surface area contributed by atoms with E-state index in [1.54, 1.807) is 43.3 Å². The molecule has 0 aliphatic rings. The van der Waals surface area contributed by atoms with Crippen molar-refractivity contribution < 1.29 is 14.0 Å². The molecule has 1 N–H and O–H groups in total. The Kier molecular flexibility index (Phi) is 9.95. The van der Waals surface area contributed by atoms with Gasteiger partial charge in [-0.25, -0.2) is 4.39 Å². The van der Waals surface area contributed by atoms with Gasteiger partial charge >= 0.3 is 0 Å². The second-order valence-electron chi connectivity index (χ2n) is 6.77. The van der Waals surface area contributed by atoms with Crippen LogP contribution in [-0.4, -0.2) is 35.1 Å². The number of halogens is 3. The molecule has 30 heavy (non-hydrogen) atoms. The Morgan fingerprint density at radius 1 is 1.13 bits per heavy atom. The topological polar surface area (TPSA) is 49.4 Å². The number of hydrogen-bond donors (Lipinski definition) is 1. The van der Waals surface area contributed by atoms with E-state index in [0.717, 1.165) is 12.0 Å². The Labute approximate surface area is 191 Å². The predicted octanol–water partition coefficient (Wildman–Crippen LogP) is 5.31. The van der Waals surface area contributed by atoms with Crippen LogP contribution < -0.4 is 5.32 Å². The molecule has 0 saturated heterocycles. The first-order chi connectivity index (χ1) is 14.3. The van der Waals surface area contributed by atoms with Crippen LogP contribution in [0.25, 0.3) is 0 Å². The molecule has 1 atom stereocenters. The molecule has 0 fully saturated rings. The number of nitrogens with zero attached hydrogens (tertiary/aromatic N) is 1. The molecule has 2 rings (SSSR count). The molecule has 0 radical (unpaired) electrons. The highest BCUT2D eigenvalue weighted by atomic mass is 35.5. The molecule has 2 aromatic carbocycles. The van der Waals surface area contributed by atoms with Crippen LogP contribution in [0.1, 0.15) is 31.4 Å². The van der Waals surface area contributed by atoms with Crippen molar-refractivity contribution in [2.75, 3.05) is 12.3 Å². The molecule has 0 spiro atoms. The normalized spacial score (nSPS) is 11.8. The Balaban J connectivity index is 2.11. The molecule has 0 aliphatic carbocycles. The fourth-order valence-corrected chi connectivity index (χ4v) is 4.43. The van der Waals surface area contributed by atoms with Gasteiger partial charge in [-0.1, -0.05) is 54.4 Å². The largest absolute Gasteiger partial charge is 0.354 e. The highest BCUT2D eigenvalue weighted by Gasteiger charge is 2.26. The lowest BCUT2D eigenvalue weighted by Crippen LogP contribution is -2.48. The van der Waals surface area contributed by atoms with E-state index in [-0.39, 0.29) is 24.1 Å². The molecule has 0 saturated carbocycles. The highest BCUT2D eigenvalue weighted by molar-refractivity contribution is 7.99. The van der Waals surface area contributed by atoms with Gasteiger partial charge in [0.25, 0.3) is 0 Å². The van der Waals surface area contributed by atoms with Crippen LogP contribution in [0.15, 0.2) is 42.5 Å². The molecule has 4 nitrogen and oxygen atoms in total. The van der Waals surface area contributed by atoms with Crippen molar-refractivity contribution in [3.05, 3.63) is 69.5 Å². The fraction of sp³-hybridized carbons (Fsp3) is 0.364. The molecule has 0 aliphatic heterocycles. The number of nitrogens with one attached hydrogen (secondary N) is 1. The molecule has 0 aromatic heterocycles. The number of hydrogen-bond acceptors (Lipinski definition) is 3. The number of thioether (sulfide) groups is 1. The Morgan fingerprint density at radius 3 is 2.43 bits per heavy atom. The van der Waals surface area contributed by atoms with Gasteiger partial charge in [-0.15, -0.1) is 11.8 Å². The van der Waals surface area contributed by atoms with Gasteiger partial charge in [0.15, 0.2) is 0 Å². The van der Waals surface area contributed by atoms with Gasteiger partial charge in [0.1, 0.15) is 11.9 Å². The average molecular weight is 471 g/mol. The summed E-state index contributed by atoms with van der Waals surface area (Å²) >= 11 is 13.7. The number of carbonyl (C=O) groups is 2. The van der Waals surface area contributed by atoms with E-state index < -0.39 is 11.9 Å². The van der Waals surface area contributed by atoms with E-state index in [4.69, 9.17) is 23.2 Å². The summed E-state index contributed by atoms with van der Waals surface area (Å²) in [5.74, 6) is -0.367. The second kappa shape index (κ2) is 12.2. The first-order valence-corrected chi connectivity index (χ1v) is 11.6. The third-order valence-corrected chi connectivity index (χ3v) is 6.20. The fourth-order valence-electron chi connectivity index (χ4n) is 2.78. The van der Waals surface area contributed by atoms with E-state index in [9.17, 15) is 14.0 Å². The van der Waals surface area contributed by atoms with Crippen LogP contribution >= 0.6 is 35.0 Å². The third kappa shape index (κ3) is 6.89. The van der Waals surface area contributed by atoms with Gasteiger partial charge < -0.3 is 10.2 Å². The zero-order valence-electron chi connectivity index (χ0n) is 17.0. The second-order valence-corrected chi connectivity index (χ2v) is 8.57. The lowest BCUT2D eigenvalue weighted by atomic mass is 10.1. The zero-order valence-corrected chi connectivity index (χ0v) is 19.3. The van der Waals surface area contributed by atoms with Gasteiger partial charge in [0.2, 0.25) is 11.8 Å². The Hall–Kier alpha value is -1.76. The molecule has 2 aromatic rings. The molecular formula is C22H25Cl2FN2O2S. The van der Waals surface area contributed by atoms with E-state index in [1.165, 1.54) is 22.7 Å². The summed E-state index contributed by atoms with van der Waals surface area (Å²) in [6.45, 7) is 4.13. The van der Waals surface area contributed by atoms with Crippen molar-refractivity contribution in [1.82, 2.24) is 10.2 Å². The predicted molar refractivity (Wildman–Crippen MR) is 122 cm³/mol.